The summed E-state index contributed by atoms with van der Waals surface area (Å²) >= 11 is 2.36. The third-order valence-electron chi connectivity index (χ3n) is 14.4. The number of hydrogen-bond donors (Lipinski definition) is 0. The number of ether oxygens (including phenoxy) is 1. The molecule has 0 aliphatic heterocycles. The minimum Gasteiger partial charge on any atom is -0.469 e. The summed E-state index contributed by atoms with van der Waals surface area (Å²) in [5, 5.41) is 0. The maximum atomic E-state index is 14.1. The first-order valence-corrected chi connectivity index (χ1v) is 17.5. The van der Waals surface area contributed by atoms with Crippen LogP contribution in [0, 0.1) is 60.2 Å². The van der Waals surface area contributed by atoms with E-state index >= 15 is 0 Å². The molecule has 0 unspecified atom stereocenters. The third-order valence-corrected chi connectivity index (χ3v) is 15.1. The molecule has 0 amide bonds. The molecule has 1 aromatic rings. The molecule has 1 aromatic carbocycles. The van der Waals surface area contributed by atoms with E-state index in [1.165, 1.54) is 22.0 Å². The van der Waals surface area contributed by atoms with E-state index in [1.54, 1.807) is 7.11 Å². The highest BCUT2D eigenvalue weighted by Crippen LogP contribution is 2.77. The Labute approximate surface area is 267 Å². The second kappa shape index (κ2) is 10.0. The van der Waals surface area contributed by atoms with Crippen molar-refractivity contribution in [3.05, 3.63) is 51.1 Å². The van der Waals surface area contributed by atoms with Gasteiger partial charge in [0, 0.05) is 8.99 Å². The Morgan fingerprint density at radius 1 is 0.976 bits per heavy atom. The van der Waals surface area contributed by atoms with Crippen molar-refractivity contribution in [2.75, 3.05) is 7.11 Å². The number of methoxy groups -OCH3 is 1. The predicted molar refractivity (Wildman–Crippen MR) is 179 cm³/mol. The van der Waals surface area contributed by atoms with E-state index in [2.05, 4.69) is 101 Å². The second-order valence-corrected chi connectivity index (χ2v) is 17.5. The van der Waals surface area contributed by atoms with Gasteiger partial charge in [-0.25, -0.2) is 0 Å². The van der Waals surface area contributed by atoms with Crippen LogP contribution in [0.25, 0.3) is 6.08 Å². The van der Waals surface area contributed by atoms with Crippen LogP contribution >= 0.6 is 22.6 Å². The van der Waals surface area contributed by atoms with Crippen molar-refractivity contribution in [2.24, 2.45) is 56.7 Å². The number of halogens is 1. The quantitative estimate of drug-likeness (QED) is 0.138. The molecule has 5 aliphatic carbocycles. The topological polar surface area (TPSA) is 43.4 Å². The van der Waals surface area contributed by atoms with Gasteiger partial charge in [0.1, 0.15) is 0 Å². The molecule has 4 heteroatoms. The van der Waals surface area contributed by atoms with Crippen LogP contribution in [0.1, 0.15) is 105 Å². The maximum absolute atomic E-state index is 14.1. The largest absolute Gasteiger partial charge is 0.469 e. The fraction of sp³-hybridized carbons (Fsp3) is 0.684. The van der Waals surface area contributed by atoms with Crippen LogP contribution in [-0.2, 0) is 14.3 Å². The number of carbonyl (C=O) groups excluding carboxylic acids is 2. The molecule has 0 saturated heterocycles. The number of esters is 1. The van der Waals surface area contributed by atoms with Crippen LogP contribution < -0.4 is 0 Å². The van der Waals surface area contributed by atoms with Gasteiger partial charge in [0.25, 0.3) is 0 Å². The minimum absolute atomic E-state index is 0.0270. The number of hydrogen-bond acceptors (Lipinski definition) is 3. The lowest BCUT2D eigenvalue weighted by atomic mass is 9.32. The van der Waals surface area contributed by atoms with E-state index in [0.717, 1.165) is 56.1 Å². The number of carbonyl (C=O) groups is 2. The standard InChI is InChI=1S/C38H51IO3/c1-23(2)27-14-17-38(33(41)42-8)19-18-36(6)28(31(27)38)12-13-30-35(5)22-25(20-24-10-9-11-26(39)21-24)32(40)34(3,4)29(35)15-16-37(30,36)7/h9-11,20-21,27-31H,1,12-19,22H2,2-8H3/b25-20+/t27-,28+,29+,30-,31+,35-,36+,37-,38+/m0/s1. The maximum Gasteiger partial charge on any atom is 0.312 e. The fourth-order valence-corrected chi connectivity index (χ4v) is 13.0. The normalized spacial score (nSPS) is 44.9. The van der Waals surface area contributed by atoms with Gasteiger partial charge in [-0.1, -0.05) is 58.9 Å². The van der Waals surface area contributed by atoms with E-state index in [9.17, 15) is 9.59 Å². The molecule has 0 heterocycles. The molecule has 0 N–H and O–H groups in total. The summed E-state index contributed by atoms with van der Waals surface area (Å²) in [6.07, 6.45) is 11.7. The Hall–Kier alpha value is -1.43. The zero-order valence-corrected chi connectivity index (χ0v) is 29.1. The van der Waals surface area contributed by atoms with Crippen LogP contribution in [-0.4, -0.2) is 18.9 Å². The van der Waals surface area contributed by atoms with Crippen molar-refractivity contribution in [1.29, 1.82) is 0 Å². The highest BCUT2D eigenvalue weighted by atomic mass is 127. The van der Waals surface area contributed by atoms with Gasteiger partial charge in [0.2, 0.25) is 0 Å². The van der Waals surface area contributed by atoms with Crippen molar-refractivity contribution in [1.82, 2.24) is 0 Å². The molecule has 5 aliphatic rings. The first kappa shape index (κ1) is 30.6. The molecule has 5 saturated carbocycles. The number of ketones is 1. The van der Waals surface area contributed by atoms with Gasteiger partial charge >= 0.3 is 5.97 Å². The van der Waals surface area contributed by atoms with Crippen LogP contribution in [0.4, 0.5) is 0 Å². The molecule has 228 valence electrons. The lowest BCUT2D eigenvalue weighted by molar-refractivity contribution is -0.232. The Kier molecular flexibility index (Phi) is 7.31. The van der Waals surface area contributed by atoms with Gasteiger partial charge < -0.3 is 4.74 Å². The molecule has 6 rings (SSSR count). The first-order valence-electron chi connectivity index (χ1n) is 16.4. The monoisotopic (exact) mass is 682 g/mol. The predicted octanol–water partition coefficient (Wildman–Crippen LogP) is 9.68. The summed E-state index contributed by atoms with van der Waals surface area (Å²) in [7, 11) is 1.59. The lowest BCUT2D eigenvalue weighted by Gasteiger charge is -2.72. The van der Waals surface area contributed by atoms with Crippen molar-refractivity contribution in [3.8, 4) is 0 Å². The van der Waals surface area contributed by atoms with Crippen molar-refractivity contribution in [2.45, 2.75) is 99.3 Å². The van der Waals surface area contributed by atoms with Crippen molar-refractivity contribution in [3.63, 3.8) is 0 Å². The Balaban J connectivity index is 1.42. The van der Waals surface area contributed by atoms with Crippen LogP contribution in [0.2, 0.25) is 0 Å². The zero-order chi connectivity index (χ0) is 30.5. The average Bonchev–Trinajstić information content (AvgIpc) is 3.33. The summed E-state index contributed by atoms with van der Waals surface area (Å²) in [6.45, 7) is 18.9. The lowest BCUT2D eigenvalue weighted by Crippen LogP contribution is -2.67. The molecule has 9 atom stereocenters. The summed E-state index contributed by atoms with van der Waals surface area (Å²) in [5.74, 6) is 2.53. The Morgan fingerprint density at radius 2 is 1.71 bits per heavy atom. The number of Topliss-reactive ketones (excluding diaryl/α,β-unsaturated/α-hetero) is 1. The molecule has 5 fully saturated rings. The SMILES string of the molecule is C=C(C)[C@@H]1CC[C@@]2(C(=O)OC)CC[C@]3(C)[C@H](CC[C@H]4[C@@]5(C)C/C(=C\c6cccc(I)c6)C(=O)C(C)(C)[C@H]5CC[C@@]43C)[C@@H]12. The number of fused-ring (bicyclic) bond motifs is 7. The van der Waals surface area contributed by atoms with Gasteiger partial charge in [0.05, 0.1) is 12.5 Å². The highest BCUT2D eigenvalue weighted by Gasteiger charge is 2.72. The van der Waals surface area contributed by atoms with Gasteiger partial charge in [-0.15, -0.1) is 0 Å². The smallest absolute Gasteiger partial charge is 0.312 e. The number of rotatable bonds is 3. The van der Waals surface area contributed by atoms with Crippen molar-refractivity contribution < 1.29 is 14.3 Å². The fourth-order valence-electron chi connectivity index (χ4n) is 12.5. The highest BCUT2D eigenvalue weighted by molar-refractivity contribution is 14.1. The van der Waals surface area contributed by atoms with Gasteiger partial charge in [0.15, 0.2) is 5.78 Å². The zero-order valence-electron chi connectivity index (χ0n) is 26.9. The first-order chi connectivity index (χ1) is 19.7. The van der Waals surface area contributed by atoms with E-state index in [0.29, 0.717) is 35.4 Å². The van der Waals surface area contributed by atoms with Crippen LogP contribution in [0.15, 0.2) is 42.0 Å². The minimum atomic E-state index is -0.372. The molecular weight excluding hydrogens is 631 g/mol. The summed E-state index contributed by atoms with van der Waals surface area (Å²) in [4.78, 5) is 27.6. The summed E-state index contributed by atoms with van der Waals surface area (Å²) in [6, 6.07) is 8.53. The van der Waals surface area contributed by atoms with Gasteiger partial charge in [-0.05, 0) is 162 Å². The number of benzene rings is 1. The third kappa shape index (κ3) is 4.01. The molecule has 0 aromatic heterocycles. The molecule has 0 radical (unpaired) electrons. The Bertz CT molecular complexity index is 1360. The van der Waals surface area contributed by atoms with E-state index in [-0.39, 0.29) is 33.0 Å². The van der Waals surface area contributed by atoms with E-state index in [4.69, 9.17) is 4.74 Å². The molecular formula is C38H51IO3. The molecule has 0 spiro atoms. The van der Waals surface area contributed by atoms with E-state index in [1.807, 2.05) is 0 Å². The van der Waals surface area contributed by atoms with Gasteiger partial charge in [-0.2, -0.15) is 0 Å². The van der Waals surface area contributed by atoms with Gasteiger partial charge in [-0.3, -0.25) is 9.59 Å². The summed E-state index contributed by atoms with van der Waals surface area (Å²) in [5.41, 5.74) is 3.05. The van der Waals surface area contributed by atoms with Crippen LogP contribution in [0.3, 0.4) is 0 Å². The second-order valence-electron chi connectivity index (χ2n) is 16.3. The molecule has 0 bridgehead atoms. The average molecular weight is 683 g/mol. The molecule has 3 nitrogen and oxygen atoms in total. The van der Waals surface area contributed by atoms with Crippen molar-refractivity contribution >= 4 is 40.4 Å². The molecule has 42 heavy (non-hydrogen) atoms. The van der Waals surface area contributed by atoms with Crippen LogP contribution in [0.5, 0.6) is 0 Å². The van der Waals surface area contributed by atoms with E-state index < -0.39 is 0 Å². The Morgan fingerprint density at radius 3 is 2.38 bits per heavy atom. The summed E-state index contributed by atoms with van der Waals surface area (Å²) < 4.78 is 6.75. The number of allylic oxidation sites excluding steroid dienone is 2.